The molecule has 4 aromatic rings. The van der Waals surface area contributed by atoms with Crippen LogP contribution in [0.15, 0.2) is 59.4 Å². The Hall–Kier alpha value is -4.38. The number of hydrogen-bond donors (Lipinski definition) is 4. The van der Waals surface area contributed by atoms with Crippen LogP contribution in [0, 0.1) is 0 Å². The topological polar surface area (TPSA) is 238 Å². The van der Waals surface area contributed by atoms with E-state index in [0.29, 0.717) is 0 Å². The molecule has 0 saturated carbocycles. The Morgan fingerprint density at radius 2 is 1.22 bits per heavy atom. The maximum absolute atomic E-state index is 12.5. The van der Waals surface area contributed by atoms with Crippen LogP contribution in [-0.4, -0.2) is 55.8 Å². The molecule has 2 aromatic heterocycles. The predicted molar refractivity (Wildman–Crippen MR) is 128 cm³/mol. The van der Waals surface area contributed by atoms with Crippen molar-refractivity contribution in [1.82, 2.24) is 29.9 Å². The Bertz CT molecular complexity index is 1700. The highest BCUT2D eigenvalue weighted by atomic mass is 32.2. The molecule has 0 aliphatic rings. The average molecular weight is 529 g/mol. The standard InChI is InChI=1S/C20H16N8O6S2/c21-16-15(20-27-9-24-10-28-20)14(19-25-7-23-8-26-19)12(18(17(16)22)36(32,33)34)6-5-11-3-1-2-4-13(11)35(29,30)31/h1-10H,21-22H2,(H,29,30,31)(H,32,33,34). The molecule has 0 radical (unpaired) electrons. The molecule has 0 saturated heterocycles. The molecule has 184 valence electrons. The first-order valence-electron chi connectivity index (χ1n) is 9.72. The van der Waals surface area contributed by atoms with Crippen LogP contribution < -0.4 is 11.5 Å². The number of benzene rings is 2. The highest BCUT2D eigenvalue weighted by Gasteiger charge is 2.30. The highest BCUT2D eigenvalue weighted by molar-refractivity contribution is 7.86. The maximum atomic E-state index is 12.5. The number of anilines is 2. The van der Waals surface area contributed by atoms with Crippen molar-refractivity contribution in [3.05, 3.63) is 60.7 Å². The molecule has 6 N–H and O–H groups in total. The summed E-state index contributed by atoms with van der Waals surface area (Å²) in [7, 11) is -9.64. The summed E-state index contributed by atoms with van der Waals surface area (Å²) in [6.07, 6.45) is 6.98. The molecule has 0 unspecified atom stereocenters. The van der Waals surface area contributed by atoms with Crippen molar-refractivity contribution in [2.75, 3.05) is 11.5 Å². The van der Waals surface area contributed by atoms with Gasteiger partial charge in [-0.2, -0.15) is 16.8 Å². The first-order chi connectivity index (χ1) is 17.0. The summed E-state index contributed by atoms with van der Waals surface area (Å²) in [6.45, 7) is 0. The number of nitrogens with zero attached hydrogens (tertiary/aromatic N) is 6. The van der Waals surface area contributed by atoms with Gasteiger partial charge in [0, 0.05) is 11.1 Å². The van der Waals surface area contributed by atoms with Crippen molar-refractivity contribution >= 4 is 43.8 Å². The Balaban J connectivity index is 2.16. The van der Waals surface area contributed by atoms with Crippen LogP contribution in [-0.2, 0) is 20.2 Å². The van der Waals surface area contributed by atoms with Crippen molar-refractivity contribution < 1.29 is 25.9 Å². The molecular formula is C20H16N8O6S2. The quantitative estimate of drug-likeness (QED) is 0.156. The van der Waals surface area contributed by atoms with E-state index in [1.807, 2.05) is 0 Å². The third kappa shape index (κ3) is 4.73. The van der Waals surface area contributed by atoms with Crippen molar-refractivity contribution in [2.24, 2.45) is 0 Å². The van der Waals surface area contributed by atoms with E-state index < -0.39 is 35.7 Å². The van der Waals surface area contributed by atoms with Gasteiger partial charge in [0.05, 0.1) is 16.9 Å². The second-order valence-electron chi connectivity index (χ2n) is 7.07. The molecule has 36 heavy (non-hydrogen) atoms. The molecule has 0 amide bonds. The lowest BCUT2D eigenvalue weighted by Gasteiger charge is -2.19. The van der Waals surface area contributed by atoms with Gasteiger partial charge in [0.1, 0.15) is 35.1 Å². The number of nitrogens with two attached hydrogens (primary N) is 2. The third-order valence-electron chi connectivity index (χ3n) is 4.89. The van der Waals surface area contributed by atoms with Gasteiger partial charge in [-0.3, -0.25) is 9.11 Å². The van der Waals surface area contributed by atoms with E-state index in [4.69, 9.17) is 11.5 Å². The molecule has 2 aromatic carbocycles. The zero-order chi connectivity index (χ0) is 26.1. The van der Waals surface area contributed by atoms with Gasteiger partial charge in [-0.15, -0.1) is 0 Å². The molecule has 0 atom stereocenters. The van der Waals surface area contributed by atoms with E-state index in [2.05, 4.69) is 29.9 Å². The lowest BCUT2D eigenvalue weighted by Crippen LogP contribution is -2.13. The third-order valence-corrected chi connectivity index (χ3v) is 6.77. The van der Waals surface area contributed by atoms with E-state index >= 15 is 0 Å². The summed E-state index contributed by atoms with van der Waals surface area (Å²) >= 11 is 0. The summed E-state index contributed by atoms with van der Waals surface area (Å²) in [5.41, 5.74) is 11.2. The van der Waals surface area contributed by atoms with Gasteiger partial charge in [0.2, 0.25) is 0 Å². The Morgan fingerprint density at radius 3 is 1.75 bits per heavy atom. The minimum atomic E-state index is -5.01. The second-order valence-corrected chi connectivity index (χ2v) is 9.81. The number of aromatic nitrogens is 6. The van der Waals surface area contributed by atoms with Gasteiger partial charge in [-0.1, -0.05) is 30.4 Å². The van der Waals surface area contributed by atoms with Gasteiger partial charge in [0.25, 0.3) is 20.2 Å². The van der Waals surface area contributed by atoms with Crippen LogP contribution in [0.5, 0.6) is 0 Å². The SMILES string of the molecule is Nc1c(N)c(S(=O)(=O)O)c(C=Cc2ccccc2S(=O)(=O)O)c(-c2ncncn2)c1-c1ncncn1. The lowest BCUT2D eigenvalue weighted by molar-refractivity contribution is 0.481. The molecule has 0 aliphatic heterocycles. The number of hydrogen-bond acceptors (Lipinski definition) is 12. The van der Waals surface area contributed by atoms with E-state index in [9.17, 15) is 25.9 Å². The Kier molecular flexibility index (Phi) is 6.42. The summed E-state index contributed by atoms with van der Waals surface area (Å²) in [5, 5.41) is 0. The van der Waals surface area contributed by atoms with Crippen molar-refractivity contribution in [3.8, 4) is 22.8 Å². The smallest absolute Gasteiger partial charge is 0.297 e. The lowest BCUT2D eigenvalue weighted by atomic mass is 9.95. The van der Waals surface area contributed by atoms with Crippen LogP contribution >= 0.6 is 0 Å². The van der Waals surface area contributed by atoms with Crippen molar-refractivity contribution in [3.63, 3.8) is 0 Å². The predicted octanol–water partition coefficient (Wildman–Crippen LogP) is 1.22. The Morgan fingerprint density at radius 1 is 0.694 bits per heavy atom. The average Bonchev–Trinajstić information content (AvgIpc) is 2.84. The molecule has 4 rings (SSSR count). The van der Waals surface area contributed by atoms with Crippen LogP contribution in [0.25, 0.3) is 34.9 Å². The summed E-state index contributed by atoms with van der Waals surface area (Å²) in [4.78, 5) is 22.5. The fraction of sp³-hybridized carbons (Fsp3) is 0. The largest absolute Gasteiger partial charge is 0.396 e. The van der Waals surface area contributed by atoms with Crippen molar-refractivity contribution in [1.29, 1.82) is 0 Å². The number of rotatable bonds is 6. The van der Waals surface area contributed by atoms with Crippen LogP contribution in [0.4, 0.5) is 11.4 Å². The molecule has 0 fully saturated rings. The molecule has 0 bridgehead atoms. The minimum absolute atomic E-state index is 0.00000740. The van der Waals surface area contributed by atoms with Gasteiger partial charge in [0.15, 0.2) is 11.6 Å². The van der Waals surface area contributed by atoms with Crippen LogP contribution in [0.2, 0.25) is 0 Å². The first-order valence-corrected chi connectivity index (χ1v) is 12.6. The zero-order valence-corrected chi connectivity index (χ0v) is 19.6. The summed E-state index contributed by atoms with van der Waals surface area (Å²) in [6, 6.07) is 5.40. The fourth-order valence-corrected chi connectivity index (χ4v) is 4.97. The van der Waals surface area contributed by atoms with Crippen molar-refractivity contribution in [2.45, 2.75) is 9.79 Å². The monoisotopic (exact) mass is 528 g/mol. The summed E-state index contributed by atoms with van der Waals surface area (Å²) in [5.74, 6) is -0.0980. The molecule has 2 heterocycles. The van der Waals surface area contributed by atoms with Gasteiger partial charge < -0.3 is 11.5 Å². The van der Waals surface area contributed by atoms with Crippen LogP contribution in [0.1, 0.15) is 11.1 Å². The summed E-state index contributed by atoms with van der Waals surface area (Å²) < 4.78 is 68.2. The molecule has 0 aliphatic carbocycles. The van der Waals surface area contributed by atoms with Crippen LogP contribution in [0.3, 0.4) is 0 Å². The minimum Gasteiger partial charge on any atom is -0.396 e. The normalized spacial score (nSPS) is 12.2. The van der Waals surface area contributed by atoms with E-state index in [0.717, 1.165) is 24.8 Å². The second kappa shape index (κ2) is 9.34. The first kappa shape index (κ1) is 24.7. The number of nitrogen functional groups attached to an aromatic ring is 2. The van der Waals surface area contributed by atoms with E-state index in [1.54, 1.807) is 0 Å². The molecular weight excluding hydrogens is 512 g/mol. The molecule has 0 spiro atoms. The van der Waals surface area contributed by atoms with E-state index in [-0.39, 0.29) is 39.6 Å². The van der Waals surface area contributed by atoms with E-state index in [1.165, 1.54) is 36.9 Å². The Labute approximate surface area is 204 Å². The zero-order valence-electron chi connectivity index (χ0n) is 18.0. The molecule has 16 heteroatoms. The molecule has 14 nitrogen and oxygen atoms in total. The highest BCUT2D eigenvalue weighted by Crippen LogP contribution is 2.44. The maximum Gasteiger partial charge on any atom is 0.297 e. The van der Waals surface area contributed by atoms with Gasteiger partial charge in [-0.25, -0.2) is 29.9 Å². The fourth-order valence-electron chi connectivity index (χ4n) is 3.45. The van der Waals surface area contributed by atoms with Gasteiger partial charge in [-0.05, 0) is 11.6 Å². The van der Waals surface area contributed by atoms with Gasteiger partial charge >= 0.3 is 0 Å².